The van der Waals surface area contributed by atoms with E-state index in [0.717, 1.165) is 89.9 Å². The van der Waals surface area contributed by atoms with Gasteiger partial charge in [-0.25, -0.2) is 0 Å². The van der Waals surface area contributed by atoms with Gasteiger partial charge in [-0.05, 0) is 64.2 Å². The Balaban J connectivity index is 4.27. The van der Waals surface area contributed by atoms with E-state index in [2.05, 4.69) is 81.5 Å². The van der Waals surface area contributed by atoms with Crippen molar-refractivity contribution in [1.29, 1.82) is 0 Å². The summed E-state index contributed by atoms with van der Waals surface area (Å²) in [5.41, 5.74) is 0. The third-order valence-electron chi connectivity index (χ3n) is 15.0. The first-order valence-corrected chi connectivity index (χ1v) is 33.8. The minimum Gasteiger partial charge on any atom is -0.462 e. The third-order valence-corrected chi connectivity index (χ3v) is 15.0. The Labute approximate surface area is 479 Å². The number of rotatable bonds is 62. The predicted octanol–water partition coefficient (Wildman–Crippen LogP) is 23.1. The van der Waals surface area contributed by atoms with Crippen LogP contribution >= 0.6 is 0 Å². The molecule has 0 aromatic carbocycles. The van der Waals surface area contributed by atoms with Crippen molar-refractivity contribution in [2.24, 2.45) is 0 Å². The van der Waals surface area contributed by atoms with Gasteiger partial charge in [-0.3, -0.25) is 14.4 Å². The Bertz CT molecular complexity index is 1380. The van der Waals surface area contributed by atoms with Gasteiger partial charge >= 0.3 is 17.9 Å². The van der Waals surface area contributed by atoms with Crippen molar-refractivity contribution in [3.05, 3.63) is 60.8 Å². The highest BCUT2D eigenvalue weighted by Gasteiger charge is 2.19. The Hall–Kier alpha value is -2.89. The number of hydrogen-bond donors (Lipinski definition) is 0. The number of carbonyl (C=O) groups excluding carboxylic acids is 3. The van der Waals surface area contributed by atoms with Gasteiger partial charge in [-0.15, -0.1) is 0 Å². The summed E-state index contributed by atoms with van der Waals surface area (Å²) < 4.78 is 17.0. The molecule has 0 saturated heterocycles. The summed E-state index contributed by atoms with van der Waals surface area (Å²) >= 11 is 0. The minimum atomic E-state index is -0.772. The fourth-order valence-electron chi connectivity index (χ4n) is 10.0. The minimum absolute atomic E-state index is 0.0687. The average Bonchev–Trinajstić information content (AvgIpc) is 3.43. The van der Waals surface area contributed by atoms with Crippen LogP contribution in [0.2, 0.25) is 0 Å². The summed E-state index contributed by atoms with van der Waals surface area (Å²) in [5, 5.41) is 0. The lowest BCUT2D eigenvalue weighted by Gasteiger charge is -2.18. The lowest BCUT2D eigenvalue weighted by atomic mass is 10.0. The number of hydrogen-bond acceptors (Lipinski definition) is 6. The molecule has 0 spiro atoms. The number of ether oxygens (including phenoxy) is 3. The summed E-state index contributed by atoms with van der Waals surface area (Å²) in [4.78, 5) is 38.4. The molecule has 0 radical (unpaired) electrons. The Morgan fingerprint density at radius 2 is 0.506 bits per heavy atom. The second kappa shape index (κ2) is 65.6. The molecule has 0 aromatic heterocycles. The van der Waals surface area contributed by atoms with Gasteiger partial charge in [0.2, 0.25) is 0 Å². The van der Waals surface area contributed by atoms with Gasteiger partial charge in [0.25, 0.3) is 0 Å². The highest BCUT2D eigenvalue weighted by molar-refractivity contribution is 5.71. The molecule has 77 heavy (non-hydrogen) atoms. The molecular formula is C71H128O6. The van der Waals surface area contributed by atoms with E-state index >= 15 is 0 Å². The summed E-state index contributed by atoms with van der Waals surface area (Å²) in [5.74, 6) is -0.846. The fraction of sp³-hybridized carbons (Fsp3) is 0.817. The monoisotopic (exact) mass is 1080 g/mol. The molecule has 448 valence electrons. The zero-order valence-electron chi connectivity index (χ0n) is 51.5. The zero-order valence-corrected chi connectivity index (χ0v) is 51.5. The maximum absolute atomic E-state index is 12.9. The average molecular weight is 1080 g/mol. The van der Waals surface area contributed by atoms with Gasteiger partial charge in [-0.2, -0.15) is 0 Å². The molecule has 0 aliphatic carbocycles. The van der Waals surface area contributed by atoms with Crippen LogP contribution in [0, 0.1) is 0 Å². The van der Waals surface area contributed by atoms with E-state index in [1.807, 2.05) is 0 Å². The first kappa shape index (κ1) is 74.1. The number of unbranched alkanes of at least 4 members (excludes halogenated alkanes) is 41. The molecule has 1 atom stereocenters. The normalized spacial score (nSPS) is 12.4. The predicted molar refractivity (Wildman–Crippen MR) is 335 cm³/mol. The Morgan fingerprint density at radius 3 is 0.792 bits per heavy atom. The van der Waals surface area contributed by atoms with Gasteiger partial charge < -0.3 is 14.2 Å². The van der Waals surface area contributed by atoms with Crippen LogP contribution in [0.5, 0.6) is 0 Å². The van der Waals surface area contributed by atoms with Gasteiger partial charge in [0.05, 0.1) is 0 Å². The molecule has 0 bridgehead atoms. The number of allylic oxidation sites excluding steroid dienone is 10. The molecule has 0 aromatic rings. The SMILES string of the molecule is CC/C=C\C/C=C\C/C=C\C/C=C\C/C=C\CCCCCCCCCCCCCC(=O)OCC(COC(=O)CCCCCCCCCCCCCCCCCC)OC(=O)CCCCCCCCCCCCCCCCCC. The maximum atomic E-state index is 12.9. The summed E-state index contributed by atoms with van der Waals surface area (Å²) in [7, 11) is 0. The number of esters is 3. The molecule has 6 heteroatoms. The van der Waals surface area contributed by atoms with Crippen molar-refractivity contribution >= 4 is 17.9 Å². The van der Waals surface area contributed by atoms with Crippen LogP contribution in [-0.2, 0) is 28.6 Å². The molecule has 1 unspecified atom stereocenters. The van der Waals surface area contributed by atoms with Gasteiger partial charge in [0.1, 0.15) is 13.2 Å². The molecule has 0 rings (SSSR count). The largest absolute Gasteiger partial charge is 0.462 e. The Morgan fingerprint density at radius 1 is 0.273 bits per heavy atom. The van der Waals surface area contributed by atoms with E-state index < -0.39 is 6.10 Å². The van der Waals surface area contributed by atoms with E-state index in [-0.39, 0.29) is 31.1 Å². The van der Waals surface area contributed by atoms with Crippen LogP contribution in [-0.4, -0.2) is 37.2 Å². The van der Waals surface area contributed by atoms with Crippen LogP contribution in [0.3, 0.4) is 0 Å². The van der Waals surface area contributed by atoms with Crippen LogP contribution in [0.15, 0.2) is 60.8 Å². The molecule has 0 saturated carbocycles. The third kappa shape index (κ3) is 63.8. The molecule has 0 fully saturated rings. The van der Waals surface area contributed by atoms with Gasteiger partial charge in [0, 0.05) is 19.3 Å². The Kier molecular flexibility index (Phi) is 63.2. The van der Waals surface area contributed by atoms with Crippen molar-refractivity contribution in [1.82, 2.24) is 0 Å². The molecule has 0 N–H and O–H groups in total. The van der Waals surface area contributed by atoms with E-state index in [1.165, 1.54) is 225 Å². The van der Waals surface area contributed by atoms with Crippen molar-refractivity contribution in [3.63, 3.8) is 0 Å². The first-order chi connectivity index (χ1) is 38.0. The zero-order chi connectivity index (χ0) is 55.7. The van der Waals surface area contributed by atoms with E-state index in [1.54, 1.807) is 0 Å². The molecule has 6 nitrogen and oxygen atoms in total. The summed E-state index contributed by atoms with van der Waals surface area (Å²) in [6.07, 6.45) is 83.7. The topological polar surface area (TPSA) is 78.9 Å². The molecule has 0 heterocycles. The van der Waals surface area contributed by atoms with E-state index in [9.17, 15) is 14.4 Å². The van der Waals surface area contributed by atoms with Crippen molar-refractivity contribution < 1.29 is 28.6 Å². The first-order valence-electron chi connectivity index (χ1n) is 33.8. The quantitative estimate of drug-likeness (QED) is 0.0261. The molecular weight excluding hydrogens is 949 g/mol. The van der Waals surface area contributed by atoms with Crippen LogP contribution < -0.4 is 0 Å². The van der Waals surface area contributed by atoms with Crippen molar-refractivity contribution in [2.45, 2.75) is 361 Å². The maximum Gasteiger partial charge on any atom is 0.306 e. The van der Waals surface area contributed by atoms with Crippen LogP contribution in [0.1, 0.15) is 355 Å². The second-order valence-electron chi connectivity index (χ2n) is 22.7. The molecule has 0 aliphatic rings. The highest BCUT2D eigenvalue weighted by Crippen LogP contribution is 2.18. The van der Waals surface area contributed by atoms with Gasteiger partial charge in [-0.1, -0.05) is 332 Å². The second-order valence-corrected chi connectivity index (χ2v) is 22.7. The van der Waals surface area contributed by atoms with E-state index in [4.69, 9.17) is 14.2 Å². The van der Waals surface area contributed by atoms with Crippen molar-refractivity contribution in [2.75, 3.05) is 13.2 Å². The smallest absolute Gasteiger partial charge is 0.306 e. The number of carbonyl (C=O) groups is 3. The van der Waals surface area contributed by atoms with E-state index in [0.29, 0.717) is 19.3 Å². The molecule has 0 amide bonds. The summed E-state index contributed by atoms with van der Waals surface area (Å²) in [6.45, 7) is 6.59. The summed E-state index contributed by atoms with van der Waals surface area (Å²) in [6, 6.07) is 0. The lowest BCUT2D eigenvalue weighted by molar-refractivity contribution is -0.167. The fourth-order valence-corrected chi connectivity index (χ4v) is 10.0. The molecule has 0 aliphatic heterocycles. The lowest BCUT2D eigenvalue weighted by Crippen LogP contribution is -2.30. The van der Waals surface area contributed by atoms with Gasteiger partial charge in [0.15, 0.2) is 6.10 Å². The van der Waals surface area contributed by atoms with Crippen LogP contribution in [0.4, 0.5) is 0 Å². The van der Waals surface area contributed by atoms with Crippen molar-refractivity contribution in [3.8, 4) is 0 Å². The van der Waals surface area contributed by atoms with Crippen LogP contribution in [0.25, 0.3) is 0 Å². The standard InChI is InChI=1S/C71H128O6/c1-4-7-10-13-16-19-22-25-28-31-32-33-34-35-36-37-38-39-40-41-44-46-49-52-55-58-61-64-70(73)76-67-68(77-71(74)65-62-59-56-53-50-47-43-30-27-24-21-18-15-12-9-6-3)66-75-69(72)63-60-57-54-51-48-45-42-29-26-23-20-17-14-11-8-5-2/h7,10,16,19,25,28,32-33,35-36,68H,4-6,8-9,11-15,17-18,20-24,26-27,29-31,34,37-67H2,1-3H3/b10-7-,19-16-,28-25-,33-32-,36-35-. The highest BCUT2D eigenvalue weighted by atomic mass is 16.6.